The molecule has 0 aliphatic carbocycles. The molecule has 0 spiro atoms. The fraction of sp³-hybridized carbons (Fsp3) is 0.190. The molecule has 0 radical (unpaired) electrons. The van der Waals surface area contributed by atoms with Crippen LogP contribution in [0.1, 0.15) is 13.0 Å². The molecule has 0 saturated carbocycles. The van der Waals surface area contributed by atoms with Crippen molar-refractivity contribution in [2.24, 2.45) is 0 Å². The summed E-state index contributed by atoms with van der Waals surface area (Å²) in [6.45, 7) is 2.74. The molecule has 2 aromatic heterocycles. The first kappa shape index (κ1) is 17.2. The van der Waals surface area contributed by atoms with E-state index in [2.05, 4.69) is 27.5 Å². The zero-order chi connectivity index (χ0) is 18.6. The van der Waals surface area contributed by atoms with Crippen LogP contribution in [0, 0.1) is 0 Å². The van der Waals surface area contributed by atoms with Gasteiger partial charge in [0, 0.05) is 25.1 Å². The summed E-state index contributed by atoms with van der Waals surface area (Å²) in [5.41, 5.74) is 3.08. The number of rotatable bonds is 6. The molecule has 27 heavy (non-hydrogen) atoms. The fourth-order valence-electron chi connectivity index (χ4n) is 3.14. The van der Waals surface area contributed by atoms with Crippen LogP contribution in [-0.2, 0) is 4.74 Å². The van der Waals surface area contributed by atoms with Gasteiger partial charge in [0.25, 0.3) is 0 Å². The standard InChI is InChI=1S/C21H20N4O2/c1-15(14-26-2)25-19-6-4-3-5-18(19)24-21(25)16-7-9-17(10-8-16)27-20-13-22-11-12-23-20/h3-13,15H,14H2,1-2H3. The van der Waals surface area contributed by atoms with Crippen LogP contribution in [0.2, 0.25) is 0 Å². The van der Waals surface area contributed by atoms with Crippen LogP contribution in [0.3, 0.4) is 0 Å². The Morgan fingerprint density at radius 3 is 2.59 bits per heavy atom. The molecule has 2 aromatic carbocycles. The van der Waals surface area contributed by atoms with Crippen LogP contribution in [-0.4, -0.2) is 33.2 Å². The summed E-state index contributed by atoms with van der Waals surface area (Å²) in [6.07, 6.45) is 4.80. The number of ether oxygens (including phenoxy) is 2. The maximum absolute atomic E-state index is 5.72. The summed E-state index contributed by atoms with van der Waals surface area (Å²) in [5.74, 6) is 2.07. The van der Waals surface area contributed by atoms with Crippen molar-refractivity contribution < 1.29 is 9.47 Å². The normalized spacial score (nSPS) is 12.2. The van der Waals surface area contributed by atoms with Crippen LogP contribution in [0.5, 0.6) is 11.6 Å². The largest absolute Gasteiger partial charge is 0.438 e. The quantitative estimate of drug-likeness (QED) is 0.507. The van der Waals surface area contributed by atoms with E-state index < -0.39 is 0 Å². The average Bonchev–Trinajstić information content (AvgIpc) is 3.09. The number of hydrogen-bond acceptors (Lipinski definition) is 5. The second-order valence-electron chi connectivity index (χ2n) is 6.27. The minimum atomic E-state index is 0.160. The van der Waals surface area contributed by atoms with Crippen LogP contribution in [0.4, 0.5) is 0 Å². The van der Waals surface area contributed by atoms with E-state index in [0.717, 1.165) is 22.4 Å². The van der Waals surface area contributed by atoms with Gasteiger partial charge in [-0.2, -0.15) is 0 Å². The molecule has 1 atom stereocenters. The van der Waals surface area contributed by atoms with E-state index in [1.54, 1.807) is 25.7 Å². The second kappa shape index (κ2) is 7.55. The Kier molecular flexibility index (Phi) is 4.80. The summed E-state index contributed by atoms with van der Waals surface area (Å²) < 4.78 is 13.3. The topological polar surface area (TPSA) is 62.1 Å². The molecule has 0 N–H and O–H groups in total. The molecule has 0 amide bonds. The molecule has 0 bridgehead atoms. The minimum absolute atomic E-state index is 0.160. The Morgan fingerprint density at radius 1 is 1.04 bits per heavy atom. The predicted octanol–water partition coefficient (Wildman–Crippen LogP) is 4.49. The van der Waals surface area contributed by atoms with Gasteiger partial charge in [0.2, 0.25) is 5.88 Å². The van der Waals surface area contributed by atoms with Gasteiger partial charge >= 0.3 is 0 Å². The average molecular weight is 360 g/mol. The van der Waals surface area contributed by atoms with E-state index in [1.165, 1.54) is 0 Å². The lowest BCUT2D eigenvalue weighted by molar-refractivity contribution is 0.164. The molecule has 2 heterocycles. The number of benzene rings is 2. The van der Waals surface area contributed by atoms with Gasteiger partial charge in [0.1, 0.15) is 11.6 Å². The third-order valence-corrected chi connectivity index (χ3v) is 4.32. The number of nitrogens with zero attached hydrogens (tertiary/aromatic N) is 4. The van der Waals surface area contributed by atoms with E-state index in [-0.39, 0.29) is 6.04 Å². The van der Waals surface area contributed by atoms with Crippen molar-refractivity contribution in [1.29, 1.82) is 0 Å². The lowest BCUT2D eigenvalue weighted by Gasteiger charge is -2.17. The van der Waals surface area contributed by atoms with E-state index in [1.807, 2.05) is 42.5 Å². The monoisotopic (exact) mass is 360 g/mol. The SMILES string of the molecule is COCC(C)n1c(-c2ccc(Oc3cnccn3)cc2)nc2ccccc21. The molecular formula is C21H20N4O2. The third-order valence-electron chi connectivity index (χ3n) is 4.32. The number of methoxy groups -OCH3 is 1. The Labute approximate surface area is 157 Å². The molecule has 4 rings (SSSR count). The number of fused-ring (bicyclic) bond motifs is 1. The number of hydrogen-bond donors (Lipinski definition) is 0. The van der Waals surface area contributed by atoms with Gasteiger partial charge in [-0.05, 0) is 43.3 Å². The van der Waals surface area contributed by atoms with E-state index in [4.69, 9.17) is 14.5 Å². The molecule has 0 aliphatic rings. The van der Waals surface area contributed by atoms with Crippen LogP contribution >= 0.6 is 0 Å². The summed E-state index contributed by atoms with van der Waals surface area (Å²) in [4.78, 5) is 13.0. The Hall–Kier alpha value is -3.25. The van der Waals surface area contributed by atoms with E-state index in [9.17, 15) is 0 Å². The Bertz CT molecular complexity index is 1030. The lowest BCUT2D eigenvalue weighted by Crippen LogP contribution is -2.12. The van der Waals surface area contributed by atoms with E-state index >= 15 is 0 Å². The Morgan fingerprint density at radius 2 is 1.85 bits per heavy atom. The van der Waals surface area contributed by atoms with Gasteiger partial charge in [0.05, 0.1) is 29.9 Å². The van der Waals surface area contributed by atoms with Gasteiger partial charge < -0.3 is 14.0 Å². The smallest absolute Gasteiger partial charge is 0.237 e. The molecule has 6 nitrogen and oxygen atoms in total. The minimum Gasteiger partial charge on any atom is -0.438 e. The highest BCUT2D eigenvalue weighted by atomic mass is 16.5. The molecule has 4 aromatic rings. The van der Waals surface area contributed by atoms with Gasteiger partial charge in [-0.15, -0.1) is 0 Å². The number of para-hydroxylation sites is 2. The number of imidazole rings is 1. The fourth-order valence-corrected chi connectivity index (χ4v) is 3.14. The van der Waals surface area contributed by atoms with Crippen molar-refractivity contribution in [2.45, 2.75) is 13.0 Å². The first-order chi connectivity index (χ1) is 13.3. The molecule has 0 aliphatic heterocycles. The van der Waals surface area contributed by atoms with Gasteiger partial charge in [0.15, 0.2) is 0 Å². The predicted molar refractivity (Wildman–Crippen MR) is 104 cm³/mol. The van der Waals surface area contributed by atoms with Crippen molar-refractivity contribution in [1.82, 2.24) is 19.5 Å². The zero-order valence-corrected chi connectivity index (χ0v) is 15.2. The zero-order valence-electron chi connectivity index (χ0n) is 15.2. The highest BCUT2D eigenvalue weighted by molar-refractivity contribution is 5.81. The lowest BCUT2D eigenvalue weighted by atomic mass is 10.2. The molecule has 0 saturated heterocycles. The van der Waals surface area contributed by atoms with E-state index in [0.29, 0.717) is 18.2 Å². The van der Waals surface area contributed by atoms with Gasteiger partial charge in [-0.25, -0.2) is 9.97 Å². The summed E-state index contributed by atoms with van der Waals surface area (Å²) in [6, 6.07) is 16.1. The van der Waals surface area contributed by atoms with Crippen molar-refractivity contribution in [3.05, 3.63) is 67.1 Å². The highest BCUT2D eigenvalue weighted by Gasteiger charge is 2.17. The van der Waals surface area contributed by atoms with Gasteiger partial charge in [-0.3, -0.25) is 4.98 Å². The molecular weight excluding hydrogens is 340 g/mol. The van der Waals surface area contributed by atoms with Crippen LogP contribution < -0.4 is 4.74 Å². The molecule has 0 fully saturated rings. The summed E-state index contributed by atoms with van der Waals surface area (Å²) >= 11 is 0. The third kappa shape index (κ3) is 3.52. The molecule has 136 valence electrons. The number of aromatic nitrogens is 4. The summed E-state index contributed by atoms with van der Waals surface area (Å²) in [5, 5.41) is 0. The Balaban J connectivity index is 1.70. The molecule has 6 heteroatoms. The summed E-state index contributed by atoms with van der Waals surface area (Å²) in [7, 11) is 1.72. The van der Waals surface area contributed by atoms with Crippen molar-refractivity contribution >= 4 is 11.0 Å². The second-order valence-corrected chi connectivity index (χ2v) is 6.27. The first-order valence-corrected chi connectivity index (χ1v) is 8.76. The maximum Gasteiger partial charge on any atom is 0.237 e. The van der Waals surface area contributed by atoms with Crippen molar-refractivity contribution in [2.75, 3.05) is 13.7 Å². The maximum atomic E-state index is 5.72. The van der Waals surface area contributed by atoms with Crippen molar-refractivity contribution in [3.8, 4) is 23.0 Å². The van der Waals surface area contributed by atoms with Crippen molar-refractivity contribution in [3.63, 3.8) is 0 Å². The first-order valence-electron chi connectivity index (χ1n) is 8.76. The van der Waals surface area contributed by atoms with Crippen LogP contribution in [0.25, 0.3) is 22.4 Å². The van der Waals surface area contributed by atoms with Gasteiger partial charge in [-0.1, -0.05) is 12.1 Å². The molecule has 1 unspecified atom stereocenters. The van der Waals surface area contributed by atoms with Crippen LogP contribution in [0.15, 0.2) is 67.1 Å². The highest BCUT2D eigenvalue weighted by Crippen LogP contribution is 2.30.